The van der Waals surface area contributed by atoms with Crippen molar-refractivity contribution in [2.75, 3.05) is 6.61 Å². The standard InChI is InChI=1S/C12H12BrNO2.C10H10BrN.C2H6/c1-8(15)7-16-12-10-3-2-4-11(13)9(10)5-6-14-12;1-7-8-3-2-4-10(11)9(8)5-6-12-7;1-2/h2-6,8,15H,7H2,1H3;3,5-6H,2,4H2,1H3;1-2H3. The van der Waals surface area contributed by atoms with Gasteiger partial charge in [0.2, 0.25) is 5.88 Å². The summed E-state index contributed by atoms with van der Waals surface area (Å²) in [5.74, 6) is 0.555. The molecule has 0 saturated heterocycles. The van der Waals surface area contributed by atoms with Crippen LogP contribution in [0.2, 0.25) is 0 Å². The van der Waals surface area contributed by atoms with Gasteiger partial charge in [0.05, 0.1) is 6.10 Å². The van der Waals surface area contributed by atoms with Gasteiger partial charge in [-0.05, 0) is 61.4 Å². The van der Waals surface area contributed by atoms with Crippen molar-refractivity contribution in [1.82, 2.24) is 9.97 Å². The second kappa shape index (κ2) is 12.2. The van der Waals surface area contributed by atoms with Gasteiger partial charge in [0, 0.05) is 37.8 Å². The van der Waals surface area contributed by atoms with Crippen molar-refractivity contribution in [3.8, 4) is 5.88 Å². The summed E-state index contributed by atoms with van der Waals surface area (Å²) in [6, 6.07) is 9.85. The fourth-order valence-electron chi connectivity index (χ4n) is 3.01. The number of hydrogen-bond acceptors (Lipinski definition) is 4. The van der Waals surface area contributed by atoms with Crippen molar-refractivity contribution in [1.29, 1.82) is 0 Å². The number of aliphatic hydroxyl groups is 1. The summed E-state index contributed by atoms with van der Waals surface area (Å²) in [6.45, 7) is 7.99. The van der Waals surface area contributed by atoms with E-state index in [1.54, 1.807) is 13.1 Å². The number of aryl methyl sites for hydroxylation is 1. The highest BCUT2D eigenvalue weighted by Crippen LogP contribution is 2.28. The molecule has 1 aliphatic rings. The number of nitrogens with zero attached hydrogens (tertiary/aromatic N) is 2. The highest BCUT2D eigenvalue weighted by molar-refractivity contribution is 9.14. The molecule has 1 N–H and O–H groups in total. The molecule has 1 unspecified atom stereocenters. The third kappa shape index (κ3) is 6.37. The van der Waals surface area contributed by atoms with E-state index in [4.69, 9.17) is 4.74 Å². The summed E-state index contributed by atoms with van der Waals surface area (Å²) in [6.07, 6.45) is 7.59. The van der Waals surface area contributed by atoms with Crippen LogP contribution in [-0.2, 0) is 0 Å². The van der Waals surface area contributed by atoms with E-state index in [1.165, 1.54) is 14.9 Å². The maximum atomic E-state index is 9.18. The summed E-state index contributed by atoms with van der Waals surface area (Å²) in [7, 11) is 0. The fraction of sp³-hybridized carbons (Fsp3) is 0.333. The summed E-state index contributed by atoms with van der Waals surface area (Å²) >= 11 is 7.07. The first-order valence-corrected chi connectivity index (χ1v) is 11.7. The smallest absolute Gasteiger partial charge is 0.221 e. The van der Waals surface area contributed by atoms with Crippen molar-refractivity contribution in [3.63, 3.8) is 0 Å². The average molecular weight is 536 g/mol. The van der Waals surface area contributed by atoms with Gasteiger partial charge in [-0.3, -0.25) is 4.98 Å². The van der Waals surface area contributed by atoms with Crippen LogP contribution in [0, 0.1) is 6.92 Å². The highest BCUT2D eigenvalue weighted by atomic mass is 79.9. The molecule has 0 fully saturated rings. The zero-order valence-electron chi connectivity index (χ0n) is 17.8. The molecular weight excluding hydrogens is 508 g/mol. The zero-order chi connectivity index (χ0) is 22.1. The fourth-order valence-corrected chi connectivity index (χ4v) is 4.08. The van der Waals surface area contributed by atoms with Gasteiger partial charge in [-0.1, -0.05) is 57.8 Å². The SMILES string of the molecule is CC.CC(O)COc1nccc2c(Br)cccc12.Cc1nccc2c1=CCCC=2Br. The molecule has 0 spiro atoms. The Morgan fingerprint density at radius 3 is 2.50 bits per heavy atom. The van der Waals surface area contributed by atoms with Gasteiger partial charge in [-0.15, -0.1) is 0 Å². The third-order valence-corrected chi connectivity index (χ3v) is 5.89. The lowest BCUT2D eigenvalue weighted by Gasteiger charge is -2.10. The Kier molecular flexibility index (Phi) is 9.95. The van der Waals surface area contributed by atoms with Gasteiger partial charge < -0.3 is 9.84 Å². The predicted molar refractivity (Wildman–Crippen MR) is 132 cm³/mol. The lowest BCUT2D eigenvalue weighted by molar-refractivity contribution is 0.121. The highest BCUT2D eigenvalue weighted by Gasteiger charge is 2.06. The number of aromatic nitrogens is 2. The normalized spacial score (nSPS) is 13.1. The Bertz CT molecular complexity index is 1100. The van der Waals surface area contributed by atoms with E-state index >= 15 is 0 Å². The topological polar surface area (TPSA) is 55.2 Å². The Balaban J connectivity index is 0.000000204. The molecule has 0 aliphatic heterocycles. The summed E-state index contributed by atoms with van der Waals surface area (Å²) in [5, 5.41) is 13.8. The second-order valence-corrected chi connectivity index (χ2v) is 8.43. The largest absolute Gasteiger partial charge is 0.474 e. The van der Waals surface area contributed by atoms with Gasteiger partial charge in [0.15, 0.2) is 0 Å². The minimum Gasteiger partial charge on any atom is -0.474 e. The molecule has 0 radical (unpaired) electrons. The van der Waals surface area contributed by atoms with Crippen LogP contribution in [0.15, 0.2) is 47.2 Å². The number of ether oxygens (including phenoxy) is 1. The minimum absolute atomic E-state index is 0.249. The third-order valence-electron chi connectivity index (χ3n) is 4.37. The molecule has 0 saturated carbocycles. The first kappa shape index (κ1) is 24.5. The molecule has 3 aromatic rings. The molecule has 1 atom stereocenters. The van der Waals surface area contributed by atoms with Crippen molar-refractivity contribution >= 4 is 53.2 Å². The number of fused-ring (bicyclic) bond motifs is 2. The van der Waals surface area contributed by atoms with Crippen molar-refractivity contribution in [2.24, 2.45) is 0 Å². The molecular formula is C24H28Br2N2O2. The Hall–Kier alpha value is -1.76. The Morgan fingerprint density at radius 2 is 1.80 bits per heavy atom. The van der Waals surface area contributed by atoms with E-state index < -0.39 is 6.10 Å². The quantitative estimate of drug-likeness (QED) is 0.497. The van der Waals surface area contributed by atoms with E-state index in [2.05, 4.69) is 60.9 Å². The van der Waals surface area contributed by atoms with Crippen LogP contribution in [0.4, 0.5) is 0 Å². The molecule has 4 nitrogen and oxygen atoms in total. The molecule has 1 aromatic carbocycles. The Morgan fingerprint density at radius 1 is 1.07 bits per heavy atom. The van der Waals surface area contributed by atoms with Gasteiger partial charge in [-0.25, -0.2) is 4.98 Å². The molecule has 2 aromatic heterocycles. The Labute approximate surface area is 195 Å². The van der Waals surface area contributed by atoms with Crippen LogP contribution in [0.3, 0.4) is 0 Å². The van der Waals surface area contributed by atoms with Crippen molar-refractivity contribution in [3.05, 3.63) is 63.3 Å². The number of benzene rings is 1. The van der Waals surface area contributed by atoms with E-state index in [0.717, 1.165) is 33.8 Å². The van der Waals surface area contributed by atoms with Crippen LogP contribution >= 0.6 is 31.9 Å². The zero-order valence-corrected chi connectivity index (χ0v) is 21.0. The van der Waals surface area contributed by atoms with Crippen LogP contribution in [-0.4, -0.2) is 27.8 Å². The van der Waals surface area contributed by atoms with E-state index in [1.807, 2.05) is 44.3 Å². The van der Waals surface area contributed by atoms with Crippen LogP contribution in [0.5, 0.6) is 5.88 Å². The maximum absolute atomic E-state index is 9.18. The first-order chi connectivity index (χ1) is 14.5. The maximum Gasteiger partial charge on any atom is 0.221 e. The monoisotopic (exact) mass is 534 g/mol. The molecule has 0 bridgehead atoms. The lowest BCUT2D eigenvalue weighted by Crippen LogP contribution is -2.31. The van der Waals surface area contributed by atoms with E-state index in [9.17, 15) is 5.11 Å². The number of halogens is 2. The predicted octanol–water partition coefficient (Wildman–Crippen LogP) is 5.25. The summed E-state index contributed by atoms with van der Waals surface area (Å²) < 4.78 is 7.77. The first-order valence-electron chi connectivity index (χ1n) is 10.1. The van der Waals surface area contributed by atoms with E-state index in [0.29, 0.717) is 5.88 Å². The molecule has 6 heteroatoms. The van der Waals surface area contributed by atoms with Gasteiger partial charge in [0.25, 0.3) is 0 Å². The second-order valence-electron chi connectivity index (χ2n) is 6.62. The molecule has 1 aliphatic carbocycles. The van der Waals surface area contributed by atoms with Crippen LogP contribution in [0.1, 0.15) is 39.3 Å². The van der Waals surface area contributed by atoms with Crippen molar-refractivity contribution in [2.45, 2.75) is 46.6 Å². The van der Waals surface area contributed by atoms with Gasteiger partial charge >= 0.3 is 0 Å². The summed E-state index contributed by atoms with van der Waals surface area (Å²) in [4.78, 5) is 8.43. The average Bonchev–Trinajstić information content (AvgIpc) is 2.75. The van der Waals surface area contributed by atoms with Crippen molar-refractivity contribution < 1.29 is 9.84 Å². The minimum atomic E-state index is -0.496. The summed E-state index contributed by atoms with van der Waals surface area (Å²) in [5.41, 5.74) is 1.13. The van der Waals surface area contributed by atoms with Gasteiger partial charge in [0.1, 0.15) is 6.61 Å². The number of pyridine rings is 2. The van der Waals surface area contributed by atoms with Crippen LogP contribution < -0.4 is 15.2 Å². The molecule has 0 amide bonds. The number of hydrogen-bond donors (Lipinski definition) is 1. The molecule has 2 heterocycles. The van der Waals surface area contributed by atoms with Crippen LogP contribution in [0.25, 0.3) is 21.3 Å². The number of rotatable bonds is 3. The lowest BCUT2D eigenvalue weighted by atomic mass is 10.1. The molecule has 160 valence electrons. The van der Waals surface area contributed by atoms with Gasteiger partial charge in [-0.2, -0.15) is 0 Å². The molecule has 4 rings (SSSR count). The van der Waals surface area contributed by atoms with E-state index in [-0.39, 0.29) is 6.61 Å². The number of aliphatic hydroxyl groups excluding tert-OH is 1. The molecule has 30 heavy (non-hydrogen) atoms.